The van der Waals surface area contributed by atoms with Gasteiger partial charge in [0.1, 0.15) is 4.47 Å². The highest BCUT2D eigenvalue weighted by Gasteiger charge is 2.17. The smallest absolute Gasteiger partial charge is 0.270 e. The number of aromatic nitrogens is 1. The van der Waals surface area contributed by atoms with Crippen molar-refractivity contribution in [3.63, 3.8) is 0 Å². The van der Waals surface area contributed by atoms with Gasteiger partial charge in [-0.3, -0.25) is 14.9 Å². The number of fused-ring (bicyclic) bond motifs is 1. The van der Waals surface area contributed by atoms with Crippen LogP contribution >= 0.6 is 15.9 Å². The number of rotatable bonds is 5. The van der Waals surface area contributed by atoms with E-state index in [1.165, 1.54) is 16.7 Å². The lowest BCUT2D eigenvalue weighted by Gasteiger charge is -2.18. The van der Waals surface area contributed by atoms with E-state index in [1.54, 1.807) is 13.1 Å². The fraction of sp³-hybridized carbons (Fsp3) is 0.357. The van der Waals surface area contributed by atoms with Gasteiger partial charge in [-0.2, -0.15) is 0 Å². The van der Waals surface area contributed by atoms with Crippen molar-refractivity contribution in [3.8, 4) is 0 Å². The average Bonchev–Trinajstić information content (AvgIpc) is 2.49. The van der Waals surface area contributed by atoms with Gasteiger partial charge in [-0.15, -0.1) is 0 Å². The van der Waals surface area contributed by atoms with Crippen LogP contribution in [0.4, 0.5) is 11.4 Å². The van der Waals surface area contributed by atoms with Gasteiger partial charge in [-0.1, -0.05) is 0 Å². The van der Waals surface area contributed by atoms with Crippen LogP contribution in [0.2, 0.25) is 0 Å². The summed E-state index contributed by atoms with van der Waals surface area (Å²) < 4.78 is 1.75. The molecule has 1 heterocycles. The van der Waals surface area contributed by atoms with Gasteiger partial charge in [-0.25, -0.2) is 0 Å². The van der Waals surface area contributed by atoms with Crippen LogP contribution in [0.1, 0.15) is 13.3 Å². The van der Waals surface area contributed by atoms with Crippen LogP contribution in [0, 0.1) is 10.1 Å². The maximum Gasteiger partial charge on any atom is 0.270 e. The summed E-state index contributed by atoms with van der Waals surface area (Å²) in [4.78, 5) is 22.8. The molecule has 2 N–H and O–H groups in total. The van der Waals surface area contributed by atoms with E-state index in [1.807, 2.05) is 6.92 Å². The molecule has 0 saturated carbocycles. The Hall–Kier alpha value is -1.93. The molecule has 0 bridgehead atoms. The van der Waals surface area contributed by atoms with E-state index in [4.69, 9.17) is 5.11 Å². The molecule has 7 nitrogen and oxygen atoms in total. The fourth-order valence-corrected chi connectivity index (χ4v) is 2.86. The molecule has 22 heavy (non-hydrogen) atoms. The Morgan fingerprint density at radius 2 is 2.18 bits per heavy atom. The second kappa shape index (κ2) is 6.45. The van der Waals surface area contributed by atoms with Crippen LogP contribution in [0.5, 0.6) is 0 Å². The molecule has 1 aromatic carbocycles. The molecule has 0 unspecified atom stereocenters. The minimum atomic E-state index is -0.473. The summed E-state index contributed by atoms with van der Waals surface area (Å²) in [6.07, 6.45) is 0.498. The van der Waals surface area contributed by atoms with E-state index in [0.29, 0.717) is 27.5 Å². The number of anilines is 1. The standard InChI is InChI=1S/C14H16BrN3O4/c1-8(5-6-19)16-13-10-7-9(18(21)22)3-4-11(10)17(2)14(20)12(13)15/h3-4,7-8,16,19H,5-6H2,1-2H3/t8-/m0/s1. The summed E-state index contributed by atoms with van der Waals surface area (Å²) in [5.74, 6) is 0. The molecular formula is C14H16BrN3O4. The number of nitrogens with one attached hydrogen (secondary N) is 1. The lowest BCUT2D eigenvalue weighted by atomic mass is 10.1. The Kier molecular flexibility index (Phi) is 4.82. The van der Waals surface area contributed by atoms with E-state index in [2.05, 4.69) is 21.2 Å². The quantitative estimate of drug-likeness (QED) is 0.622. The van der Waals surface area contributed by atoms with E-state index in [0.717, 1.165) is 0 Å². The molecule has 1 aromatic heterocycles. The van der Waals surface area contributed by atoms with Crippen molar-refractivity contribution in [2.45, 2.75) is 19.4 Å². The Morgan fingerprint density at radius 1 is 1.50 bits per heavy atom. The Balaban J connectivity index is 2.72. The first-order valence-corrected chi connectivity index (χ1v) is 7.50. The molecule has 0 aliphatic rings. The van der Waals surface area contributed by atoms with E-state index in [9.17, 15) is 14.9 Å². The fourth-order valence-electron chi connectivity index (χ4n) is 2.27. The van der Waals surface area contributed by atoms with Gasteiger partial charge < -0.3 is 15.0 Å². The second-order valence-corrected chi connectivity index (χ2v) is 5.86. The number of aliphatic hydroxyl groups excluding tert-OH is 1. The average molecular weight is 370 g/mol. The summed E-state index contributed by atoms with van der Waals surface area (Å²) in [6.45, 7) is 1.87. The molecule has 0 aliphatic heterocycles. The monoisotopic (exact) mass is 369 g/mol. The lowest BCUT2D eigenvalue weighted by molar-refractivity contribution is -0.384. The number of aryl methyl sites for hydroxylation is 1. The van der Waals surface area contributed by atoms with Crippen molar-refractivity contribution in [2.24, 2.45) is 7.05 Å². The minimum absolute atomic E-state index is 0.00864. The van der Waals surface area contributed by atoms with E-state index in [-0.39, 0.29) is 23.9 Å². The summed E-state index contributed by atoms with van der Waals surface area (Å²) in [6, 6.07) is 4.28. The number of nitro groups is 1. The molecule has 0 aliphatic carbocycles. The molecular weight excluding hydrogens is 354 g/mol. The predicted octanol–water partition coefficient (Wildman–Crippen LogP) is 2.39. The molecule has 8 heteroatoms. The van der Waals surface area contributed by atoms with Crippen molar-refractivity contribution in [3.05, 3.63) is 43.1 Å². The normalized spacial score (nSPS) is 12.4. The molecule has 0 radical (unpaired) electrons. The van der Waals surface area contributed by atoms with Gasteiger partial charge in [-0.05, 0) is 35.3 Å². The third-order valence-corrected chi connectivity index (χ3v) is 4.22. The van der Waals surface area contributed by atoms with Crippen LogP contribution in [-0.2, 0) is 7.05 Å². The topological polar surface area (TPSA) is 97.4 Å². The summed E-state index contributed by atoms with van der Waals surface area (Å²) in [5.41, 5.74) is 0.816. The van der Waals surface area contributed by atoms with Crippen molar-refractivity contribution >= 4 is 38.2 Å². The van der Waals surface area contributed by atoms with Gasteiger partial charge in [0.25, 0.3) is 11.2 Å². The van der Waals surface area contributed by atoms with Gasteiger partial charge in [0.15, 0.2) is 0 Å². The highest BCUT2D eigenvalue weighted by molar-refractivity contribution is 9.10. The van der Waals surface area contributed by atoms with Crippen molar-refractivity contribution in [1.29, 1.82) is 0 Å². The van der Waals surface area contributed by atoms with Crippen LogP contribution in [0.15, 0.2) is 27.5 Å². The van der Waals surface area contributed by atoms with Crippen molar-refractivity contribution in [1.82, 2.24) is 4.57 Å². The third kappa shape index (κ3) is 2.97. The lowest BCUT2D eigenvalue weighted by Crippen LogP contribution is -2.23. The number of hydrogen-bond donors (Lipinski definition) is 2. The van der Waals surface area contributed by atoms with Gasteiger partial charge in [0.05, 0.1) is 16.1 Å². The van der Waals surface area contributed by atoms with Crippen LogP contribution in [0.3, 0.4) is 0 Å². The largest absolute Gasteiger partial charge is 0.396 e. The maximum absolute atomic E-state index is 12.3. The molecule has 2 rings (SSSR count). The third-order valence-electron chi connectivity index (χ3n) is 3.49. The number of halogens is 1. The summed E-state index contributed by atoms with van der Waals surface area (Å²) in [7, 11) is 1.61. The number of nitrogens with zero attached hydrogens (tertiary/aromatic N) is 2. The SMILES string of the molecule is C[C@@H](CCO)Nc1c(Br)c(=O)n(C)c2ccc([N+](=O)[O-])cc12. The summed E-state index contributed by atoms with van der Waals surface area (Å²) >= 11 is 3.27. The molecule has 1 atom stereocenters. The zero-order valence-corrected chi connectivity index (χ0v) is 13.8. The zero-order valence-electron chi connectivity index (χ0n) is 12.2. The van der Waals surface area contributed by atoms with Gasteiger partial charge >= 0.3 is 0 Å². The number of pyridine rings is 1. The first-order chi connectivity index (χ1) is 10.4. The first-order valence-electron chi connectivity index (χ1n) is 6.70. The predicted molar refractivity (Wildman–Crippen MR) is 88.3 cm³/mol. The Labute approximate surface area is 134 Å². The van der Waals surface area contributed by atoms with E-state index < -0.39 is 4.92 Å². The number of aliphatic hydroxyl groups is 1. The van der Waals surface area contributed by atoms with Crippen LogP contribution in [0.25, 0.3) is 10.9 Å². The summed E-state index contributed by atoms with van der Waals surface area (Å²) in [5, 5.41) is 23.7. The zero-order chi connectivity index (χ0) is 16.4. The van der Waals surface area contributed by atoms with Crippen LogP contribution in [-0.4, -0.2) is 27.2 Å². The van der Waals surface area contributed by atoms with Gasteiger partial charge in [0.2, 0.25) is 0 Å². The van der Waals surface area contributed by atoms with E-state index >= 15 is 0 Å². The number of benzene rings is 1. The molecule has 0 saturated heterocycles. The molecule has 0 amide bonds. The van der Waals surface area contributed by atoms with Crippen molar-refractivity contribution in [2.75, 3.05) is 11.9 Å². The highest BCUT2D eigenvalue weighted by atomic mass is 79.9. The minimum Gasteiger partial charge on any atom is -0.396 e. The maximum atomic E-state index is 12.3. The molecule has 0 fully saturated rings. The first kappa shape index (κ1) is 16.4. The second-order valence-electron chi connectivity index (χ2n) is 5.07. The molecule has 0 spiro atoms. The highest BCUT2D eigenvalue weighted by Crippen LogP contribution is 2.31. The number of nitro benzene ring substituents is 1. The van der Waals surface area contributed by atoms with Gasteiger partial charge in [0, 0.05) is 37.2 Å². The van der Waals surface area contributed by atoms with Crippen LogP contribution < -0.4 is 10.9 Å². The molecule has 118 valence electrons. The number of non-ortho nitro benzene ring substituents is 1. The Bertz CT molecular complexity index is 788. The Morgan fingerprint density at radius 3 is 2.77 bits per heavy atom. The number of hydrogen-bond acceptors (Lipinski definition) is 5. The molecule has 2 aromatic rings. The van der Waals surface area contributed by atoms with Crippen molar-refractivity contribution < 1.29 is 10.0 Å².